The van der Waals surface area contributed by atoms with E-state index in [-0.39, 0.29) is 11.6 Å². The molecule has 3 N–H and O–H groups in total. The highest BCUT2D eigenvalue weighted by Crippen LogP contribution is 2.47. The summed E-state index contributed by atoms with van der Waals surface area (Å²) in [6, 6.07) is 2.38. The molecule has 2 unspecified atom stereocenters. The lowest BCUT2D eigenvalue weighted by molar-refractivity contribution is -0.0982. The molecule has 0 amide bonds. The minimum atomic E-state index is 0.137. The van der Waals surface area contributed by atoms with Crippen molar-refractivity contribution < 1.29 is 4.74 Å². The molecule has 1 aliphatic carbocycles. The van der Waals surface area contributed by atoms with E-state index in [1.807, 2.05) is 0 Å². The average molecular weight is 424 g/mol. The smallest absolute Gasteiger partial charge is 0.0758 e. The zero-order valence-corrected chi connectivity index (χ0v) is 15.3. The molecule has 0 radical (unpaired) electrons. The van der Waals surface area contributed by atoms with Gasteiger partial charge in [0.15, 0.2) is 0 Å². The second-order valence-corrected chi connectivity index (χ2v) is 9.66. The van der Waals surface area contributed by atoms with Crippen molar-refractivity contribution in [3.05, 3.63) is 19.2 Å². The predicted octanol–water partition coefficient (Wildman–Crippen LogP) is 4.52. The second-order valence-electron chi connectivity index (χ2n) is 5.92. The molecule has 2 heterocycles. The maximum atomic E-state index is 6.14. The maximum absolute atomic E-state index is 6.14. The summed E-state index contributed by atoms with van der Waals surface area (Å²) in [5.41, 5.74) is 4.45. The monoisotopic (exact) mass is 422 g/mol. The predicted molar refractivity (Wildman–Crippen MR) is 89.7 cm³/mol. The van der Waals surface area contributed by atoms with Gasteiger partial charge in [0.05, 0.1) is 19.2 Å². The number of nitrogens with one attached hydrogen (secondary N) is 1. The van der Waals surface area contributed by atoms with Crippen LogP contribution < -0.4 is 11.3 Å². The van der Waals surface area contributed by atoms with Crippen molar-refractivity contribution >= 4 is 43.2 Å². The Balaban J connectivity index is 1.80. The summed E-state index contributed by atoms with van der Waals surface area (Å²) < 4.78 is 8.44. The van der Waals surface area contributed by atoms with Gasteiger partial charge in [0.25, 0.3) is 0 Å². The van der Waals surface area contributed by atoms with Crippen LogP contribution in [0.5, 0.6) is 0 Å². The summed E-state index contributed by atoms with van der Waals surface area (Å²) >= 11 is 8.93. The largest absolute Gasteiger partial charge is 0.375 e. The Morgan fingerprint density at radius 2 is 2.15 bits per heavy atom. The highest BCUT2D eigenvalue weighted by molar-refractivity contribution is 9.12. The third-order valence-electron chi connectivity index (χ3n) is 4.71. The van der Waals surface area contributed by atoms with Crippen LogP contribution in [0.2, 0.25) is 0 Å². The van der Waals surface area contributed by atoms with Crippen molar-refractivity contribution in [2.24, 2.45) is 11.8 Å². The lowest BCUT2D eigenvalue weighted by atomic mass is 9.79. The molecule has 0 bridgehead atoms. The fourth-order valence-corrected chi connectivity index (χ4v) is 6.69. The molecule has 3 nitrogen and oxygen atoms in total. The lowest BCUT2D eigenvalue weighted by Gasteiger charge is -2.41. The lowest BCUT2D eigenvalue weighted by Crippen LogP contribution is -2.43. The average Bonchev–Trinajstić information content (AvgIpc) is 2.99. The minimum Gasteiger partial charge on any atom is -0.375 e. The summed E-state index contributed by atoms with van der Waals surface area (Å²) in [6.07, 6.45) is 7.26. The van der Waals surface area contributed by atoms with Crippen molar-refractivity contribution in [3.8, 4) is 0 Å². The Morgan fingerprint density at radius 1 is 1.40 bits per heavy atom. The van der Waals surface area contributed by atoms with Crippen LogP contribution in [0, 0.1) is 5.92 Å². The van der Waals surface area contributed by atoms with E-state index in [9.17, 15) is 0 Å². The summed E-state index contributed by atoms with van der Waals surface area (Å²) in [5.74, 6) is 6.42. The van der Waals surface area contributed by atoms with Crippen molar-refractivity contribution in [2.75, 3.05) is 6.61 Å². The van der Waals surface area contributed by atoms with Crippen molar-refractivity contribution in [1.29, 1.82) is 0 Å². The number of ether oxygens (including phenoxy) is 1. The van der Waals surface area contributed by atoms with Gasteiger partial charge in [0, 0.05) is 6.61 Å². The molecular weight excluding hydrogens is 404 g/mol. The molecule has 1 spiro atoms. The summed E-state index contributed by atoms with van der Waals surface area (Å²) in [7, 11) is 0. The Labute approximate surface area is 140 Å². The number of thiophene rings is 1. The second kappa shape index (κ2) is 6.34. The van der Waals surface area contributed by atoms with Gasteiger partial charge in [-0.1, -0.05) is 12.8 Å². The van der Waals surface area contributed by atoms with E-state index in [1.165, 1.54) is 35.0 Å². The first-order valence-corrected chi connectivity index (χ1v) is 9.59. The first kappa shape index (κ1) is 15.4. The Hall–Kier alpha value is 0.540. The molecule has 6 heteroatoms. The van der Waals surface area contributed by atoms with Crippen LogP contribution in [0.4, 0.5) is 0 Å². The molecular formula is C14H20Br2N2OS. The minimum absolute atomic E-state index is 0.137. The fourth-order valence-electron chi connectivity index (χ4n) is 3.76. The van der Waals surface area contributed by atoms with Gasteiger partial charge in [-0.25, -0.2) is 0 Å². The van der Waals surface area contributed by atoms with Crippen LogP contribution in [0.25, 0.3) is 0 Å². The van der Waals surface area contributed by atoms with E-state index in [2.05, 4.69) is 43.4 Å². The van der Waals surface area contributed by atoms with Crippen molar-refractivity contribution in [1.82, 2.24) is 5.43 Å². The zero-order valence-electron chi connectivity index (χ0n) is 11.3. The van der Waals surface area contributed by atoms with Crippen LogP contribution in [-0.4, -0.2) is 12.2 Å². The Kier molecular flexibility index (Phi) is 4.90. The number of nitrogens with two attached hydrogens (primary N) is 1. The highest BCUT2D eigenvalue weighted by Gasteiger charge is 2.42. The molecule has 3 rings (SSSR count). The highest BCUT2D eigenvalue weighted by atomic mass is 79.9. The van der Waals surface area contributed by atoms with E-state index in [0.717, 1.165) is 23.2 Å². The normalized spacial score (nSPS) is 27.1. The van der Waals surface area contributed by atoms with Gasteiger partial charge in [0.2, 0.25) is 0 Å². The number of hydrogen-bond donors (Lipinski definition) is 2. The molecule has 20 heavy (non-hydrogen) atoms. The van der Waals surface area contributed by atoms with Gasteiger partial charge in [-0.2, -0.15) is 0 Å². The molecule has 1 saturated carbocycles. The number of rotatable bonds is 3. The summed E-state index contributed by atoms with van der Waals surface area (Å²) in [4.78, 5) is 0. The first-order valence-electron chi connectivity index (χ1n) is 7.18. The number of hydrazine groups is 1. The van der Waals surface area contributed by atoms with Gasteiger partial charge >= 0.3 is 0 Å². The van der Waals surface area contributed by atoms with Crippen LogP contribution in [0.3, 0.4) is 0 Å². The molecule has 2 aliphatic rings. The van der Waals surface area contributed by atoms with Crippen LogP contribution in [0.1, 0.15) is 50.1 Å². The van der Waals surface area contributed by atoms with Gasteiger partial charge in [-0.05, 0) is 75.1 Å². The number of hydrogen-bond acceptors (Lipinski definition) is 4. The standard InChI is InChI=1S/C14H20Br2N2OS/c15-11-7-10(13(16)20-11)12(18-17)9-3-6-19-14(8-9)4-1-2-5-14/h7,9,12,18H,1-6,8,17H2. The van der Waals surface area contributed by atoms with E-state index >= 15 is 0 Å². The van der Waals surface area contributed by atoms with Crippen molar-refractivity contribution in [2.45, 2.75) is 50.2 Å². The molecule has 0 aromatic carbocycles. The Morgan fingerprint density at radius 3 is 2.75 bits per heavy atom. The molecule has 1 aromatic heterocycles. The van der Waals surface area contributed by atoms with Crippen molar-refractivity contribution in [3.63, 3.8) is 0 Å². The Bertz CT molecular complexity index is 474. The van der Waals surface area contributed by atoms with Gasteiger partial charge < -0.3 is 4.74 Å². The summed E-state index contributed by atoms with van der Waals surface area (Å²) in [6.45, 7) is 0.867. The molecule has 2 fully saturated rings. The van der Waals surface area contributed by atoms with Crippen LogP contribution in [0.15, 0.2) is 13.6 Å². The zero-order chi connectivity index (χ0) is 14.2. The van der Waals surface area contributed by atoms with E-state index in [0.29, 0.717) is 5.92 Å². The topological polar surface area (TPSA) is 47.3 Å². The van der Waals surface area contributed by atoms with Gasteiger partial charge in [-0.3, -0.25) is 11.3 Å². The number of halogens is 2. The van der Waals surface area contributed by atoms with E-state index < -0.39 is 0 Å². The quantitative estimate of drug-likeness (QED) is 0.555. The maximum Gasteiger partial charge on any atom is 0.0758 e. The van der Waals surface area contributed by atoms with Crippen LogP contribution >= 0.6 is 43.2 Å². The molecule has 1 saturated heterocycles. The molecule has 2 atom stereocenters. The first-order chi connectivity index (χ1) is 9.63. The van der Waals surface area contributed by atoms with E-state index in [1.54, 1.807) is 11.3 Å². The molecule has 1 aliphatic heterocycles. The third-order valence-corrected chi connectivity index (χ3v) is 7.10. The third kappa shape index (κ3) is 3.01. The van der Waals surface area contributed by atoms with Crippen LogP contribution in [-0.2, 0) is 4.74 Å². The van der Waals surface area contributed by atoms with Gasteiger partial charge in [0.1, 0.15) is 0 Å². The summed E-state index contributed by atoms with van der Waals surface area (Å²) in [5, 5.41) is 0. The SMILES string of the molecule is NNC(c1cc(Br)sc1Br)C1CCOC2(CCCC2)C1. The molecule has 1 aromatic rings. The van der Waals surface area contributed by atoms with Gasteiger partial charge in [-0.15, -0.1) is 11.3 Å². The molecule has 112 valence electrons. The van der Waals surface area contributed by atoms with E-state index in [4.69, 9.17) is 10.6 Å². The fraction of sp³-hybridized carbons (Fsp3) is 0.714.